The largest absolute Gasteiger partial charge is 0.378 e. The zero-order valence-corrected chi connectivity index (χ0v) is 13.1. The molecule has 118 valence electrons. The van der Waals surface area contributed by atoms with E-state index >= 15 is 0 Å². The Balaban J connectivity index is 1.40. The van der Waals surface area contributed by atoms with Crippen molar-refractivity contribution in [2.45, 2.75) is 39.3 Å². The average Bonchev–Trinajstić information content (AvgIpc) is 2.86. The highest BCUT2D eigenvalue weighted by Gasteiger charge is 2.24. The highest BCUT2D eigenvalue weighted by atomic mass is 16.5. The van der Waals surface area contributed by atoms with Gasteiger partial charge in [-0.3, -0.25) is 4.90 Å². The molecule has 1 aromatic heterocycles. The van der Waals surface area contributed by atoms with Crippen molar-refractivity contribution in [3.05, 3.63) is 11.7 Å². The number of nitrogens with zero attached hydrogens (tertiary/aromatic N) is 4. The van der Waals surface area contributed by atoms with Crippen molar-refractivity contribution in [2.75, 3.05) is 39.3 Å². The smallest absolute Gasteiger partial charge is 0.223 e. The summed E-state index contributed by atoms with van der Waals surface area (Å²) in [6.07, 6.45) is 2.86. The van der Waals surface area contributed by atoms with Crippen LogP contribution in [0.4, 0.5) is 0 Å². The van der Waals surface area contributed by atoms with Crippen LogP contribution < -0.4 is 0 Å². The molecule has 6 heteroatoms. The molecular weight excluding hydrogens is 268 g/mol. The van der Waals surface area contributed by atoms with E-state index in [1.165, 1.54) is 19.4 Å². The summed E-state index contributed by atoms with van der Waals surface area (Å²) in [4.78, 5) is 9.29. The minimum absolute atomic E-state index is 0.437. The van der Waals surface area contributed by atoms with E-state index in [2.05, 4.69) is 26.9 Å². The molecule has 3 heterocycles. The molecule has 2 saturated heterocycles. The number of ether oxygens (including phenoxy) is 1. The van der Waals surface area contributed by atoms with Crippen LogP contribution in [0.5, 0.6) is 0 Å². The van der Waals surface area contributed by atoms with Crippen LogP contribution in [0, 0.1) is 12.8 Å². The van der Waals surface area contributed by atoms with Crippen LogP contribution in [0.25, 0.3) is 0 Å². The molecule has 0 amide bonds. The predicted octanol–water partition coefficient (Wildman–Crippen LogP) is 1.31. The molecule has 2 aliphatic rings. The van der Waals surface area contributed by atoms with E-state index in [1.54, 1.807) is 0 Å². The fourth-order valence-corrected chi connectivity index (χ4v) is 3.36. The quantitative estimate of drug-likeness (QED) is 0.834. The summed E-state index contributed by atoms with van der Waals surface area (Å²) in [7, 11) is 0. The lowest BCUT2D eigenvalue weighted by Crippen LogP contribution is -2.48. The van der Waals surface area contributed by atoms with Crippen LogP contribution in [-0.4, -0.2) is 65.4 Å². The van der Waals surface area contributed by atoms with Gasteiger partial charge in [-0.1, -0.05) is 5.16 Å². The zero-order chi connectivity index (χ0) is 14.7. The molecule has 0 saturated carbocycles. The van der Waals surface area contributed by atoms with Crippen molar-refractivity contribution < 1.29 is 9.26 Å². The Hall–Kier alpha value is -0.980. The summed E-state index contributed by atoms with van der Waals surface area (Å²) in [5.74, 6) is 2.26. The highest BCUT2D eigenvalue weighted by molar-refractivity contribution is 4.86. The van der Waals surface area contributed by atoms with Crippen LogP contribution in [0.3, 0.4) is 0 Å². The van der Waals surface area contributed by atoms with E-state index in [4.69, 9.17) is 9.26 Å². The second kappa shape index (κ2) is 6.85. The number of hydrogen-bond acceptors (Lipinski definition) is 6. The van der Waals surface area contributed by atoms with E-state index in [1.807, 2.05) is 6.92 Å². The maximum absolute atomic E-state index is 5.63. The first kappa shape index (κ1) is 14.9. The lowest BCUT2D eigenvalue weighted by molar-refractivity contribution is -0.00966. The lowest BCUT2D eigenvalue weighted by atomic mass is 9.95. The van der Waals surface area contributed by atoms with Crippen molar-refractivity contribution in [1.82, 2.24) is 19.9 Å². The first-order valence-corrected chi connectivity index (χ1v) is 8.04. The molecule has 2 aliphatic heterocycles. The van der Waals surface area contributed by atoms with Gasteiger partial charge in [0.25, 0.3) is 0 Å². The standard InChI is InChI=1S/C15H26N4O2/c1-12-9-14(3-8-20-12)10-18-4-6-19(7-5-18)11-15-16-13(2)21-17-15/h12,14H,3-11H2,1-2H3/t12-,14-/m0/s1. The van der Waals surface area contributed by atoms with E-state index in [9.17, 15) is 0 Å². The molecule has 2 fully saturated rings. The number of rotatable bonds is 4. The van der Waals surface area contributed by atoms with Gasteiger partial charge in [0.2, 0.25) is 5.89 Å². The molecule has 0 spiro atoms. The number of piperazine rings is 1. The van der Waals surface area contributed by atoms with Gasteiger partial charge >= 0.3 is 0 Å². The van der Waals surface area contributed by atoms with Crippen molar-refractivity contribution in [2.24, 2.45) is 5.92 Å². The Kier molecular flexibility index (Phi) is 4.87. The number of aryl methyl sites for hydroxylation is 1. The van der Waals surface area contributed by atoms with Gasteiger partial charge in [0.05, 0.1) is 12.6 Å². The first-order valence-electron chi connectivity index (χ1n) is 8.04. The average molecular weight is 294 g/mol. The Bertz CT molecular complexity index is 443. The maximum Gasteiger partial charge on any atom is 0.223 e. The van der Waals surface area contributed by atoms with Crippen LogP contribution in [0.15, 0.2) is 4.52 Å². The van der Waals surface area contributed by atoms with E-state index in [0.29, 0.717) is 12.0 Å². The zero-order valence-electron chi connectivity index (χ0n) is 13.1. The first-order chi connectivity index (χ1) is 10.2. The Labute approximate surface area is 126 Å². The van der Waals surface area contributed by atoms with Gasteiger partial charge in [-0.15, -0.1) is 0 Å². The minimum atomic E-state index is 0.437. The second-order valence-corrected chi connectivity index (χ2v) is 6.38. The molecule has 0 N–H and O–H groups in total. The number of hydrogen-bond donors (Lipinski definition) is 0. The van der Waals surface area contributed by atoms with Crippen molar-refractivity contribution in [3.63, 3.8) is 0 Å². The molecule has 0 aliphatic carbocycles. The minimum Gasteiger partial charge on any atom is -0.378 e. The van der Waals surface area contributed by atoms with Crippen LogP contribution >= 0.6 is 0 Å². The van der Waals surface area contributed by atoms with Gasteiger partial charge in [-0.05, 0) is 25.7 Å². The number of aromatic nitrogens is 2. The van der Waals surface area contributed by atoms with Crippen LogP contribution in [0.2, 0.25) is 0 Å². The molecule has 1 aromatic rings. The lowest BCUT2D eigenvalue weighted by Gasteiger charge is -2.37. The normalized spacial score (nSPS) is 28.9. The maximum atomic E-state index is 5.63. The van der Waals surface area contributed by atoms with Gasteiger partial charge in [0.1, 0.15) is 0 Å². The third-order valence-corrected chi connectivity index (χ3v) is 4.51. The van der Waals surface area contributed by atoms with Gasteiger partial charge in [-0.2, -0.15) is 4.98 Å². The molecule has 2 atom stereocenters. The van der Waals surface area contributed by atoms with E-state index in [0.717, 1.165) is 51.1 Å². The molecule has 21 heavy (non-hydrogen) atoms. The van der Waals surface area contributed by atoms with Crippen LogP contribution in [0.1, 0.15) is 31.5 Å². The van der Waals surface area contributed by atoms with Gasteiger partial charge < -0.3 is 14.2 Å². The van der Waals surface area contributed by atoms with E-state index < -0.39 is 0 Å². The van der Waals surface area contributed by atoms with Gasteiger partial charge in [0, 0.05) is 46.3 Å². The molecule has 0 aromatic carbocycles. The van der Waals surface area contributed by atoms with Crippen molar-refractivity contribution >= 4 is 0 Å². The van der Waals surface area contributed by atoms with E-state index in [-0.39, 0.29) is 0 Å². The summed E-state index contributed by atoms with van der Waals surface area (Å²) in [5, 5.41) is 3.98. The Morgan fingerprint density at radius 2 is 1.95 bits per heavy atom. The Morgan fingerprint density at radius 3 is 2.62 bits per heavy atom. The molecule has 0 bridgehead atoms. The predicted molar refractivity (Wildman–Crippen MR) is 78.9 cm³/mol. The summed E-state index contributed by atoms with van der Waals surface area (Å²) >= 11 is 0. The molecular formula is C15H26N4O2. The summed E-state index contributed by atoms with van der Waals surface area (Å²) in [6, 6.07) is 0. The van der Waals surface area contributed by atoms with Crippen LogP contribution in [-0.2, 0) is 11.3 Å². The molecule has 3 rings (SSSR count). The van der Waals surface area contributed by atoms with Gasteiger partial charge in [0.15, 0.2) is 5.82 Å². The van der Waals surface area contributed by atoms with Gasteiger partial charge in [-0.25, -0.2) is 0 Å². The summed E-state index contributed by atoms with van der Waals surface area (Å²) < 4.78 is 10.7. The summed E-state index contributed by atoms with van der Waals surface area (Å²) in [6.45, 7) is 11.5. The topological polar surface area (TPSA) is 54.6 Å². The monoisotopic (exact) mass is 294 g/mol. The molecule has 6 nitrogen and oxygen atoms in total. The Morgan fingerprint density at radius 1 is 1.19 bits per heavy atom. The fraction of sp³-hybridized carbons (Fsp3) is 0.867. The highest BCUT2D eigenvalue weighted by Crippen LogP contribution is 2.21. The fourth-order valence-electron chi connectivity index (χ4n) is 3.36. The second-order valence-electron chi connectivity index (χ2n) is 6.38. The van der Waals surface area contributed by atoms with Crippen molar-refractivity contribution in [1.29, 1.82) is 0 Å². The van der Waals surface area contributed by atoms with Crippen molar-refractivity contribution in [3.8, 4) is 0 Å². The molecule has 0 unspecified atom stereocenters. The third-order valence-electron chi connectivity index (χ3n) is 4.51. The SMILES string of the molecule is Cc1nc(CN2CCN(C[C@H]3CCO[C@@H](C)C3)CC2)no1. The third kappa shape index (κ3) is 4.25. The summed E-state index contributed by atoms with van der Waals surface area (Å²) in [5.41, 5.74) is 0. The molecule has 0 radical (unpaired) electrons.